The number of rotatable bonds is 7. The number of hydrogen-bond donors (Lipinski definition) is 1. The van der Waals surface area contributed by atoms with Crippen LogP contribution in [0.25, 0.3) is 0 Å². The standard InChI is InChI=1S/C12H16Cl2N2OS/c1-18-6-4-2-3-5-15-12(17)9-7-11(14)16-8-10(9)13/h7-8H,2-6H2,1H3,(H,15,17). The number of carbonyl (C=O) groups excluding carboxylic acids is 1. The van der Waals surface area contributed by atoms with Gasteiger partial charge in [-0.15, -0.1) is 0 Å². The van der Waals surface area contributed by atoms with Crippen LogP contribution in [0.2, 0.25) is 10.2 Å². The third-order valence-electron chi connectivity index (χ3n) is 2.38. The molecule has 3 nitrogen and oxygen atoms in total. The fourth-order valence-corrected chi connectivity index (χ4v) is 2.27. The van der Waals surface area contributed by atoms with Gasteiger partial charge in [-0.2, -0.15) is 11.8 Å². The van der Waals surface area contributed by atoms with Crippen LogP contribution in [0.1, 0.15) is 29.6 Å². The molecule has 0 saturated carbocycles. The summed E-state index contributed by atoms with van der Waals surface area (Å²) in [5, 5.41) is 3.41. The van der Waals surface area contributed by atoms with Gasteiger partial charge in [-0.3, -0.25) is 4.79 Å². The van der Waals surface area contributed by atoms with E-state index in [1.165, 1.54) is 24.4 Å². The smallest absolute Gasteiger partial charge is 0.252 e. The van der Waals surface area contributed by atoms with Gasteiger partial charge in [0.05, 0.1) is 10.6 Å². The van der Waals surface area contributed by atoms with E-state index < -0.39 is 0 Å². The SMILES string of the molecule is CSCCCCCNC(=O)c1cc(Cl)ncc1Cl. The molecule has 0 aliphatic rings. The molecular formula is C12H16Cl2N2OS. The molecule has 0 saturated heterocycles. The first-order valence-electron chi connectivity index (χ1n) is 5.73. The summed E-state index contributed by atoms with van der Waals surface area (Å²) in [6, 6.07) is 1.48. The third kappa shape index (κ3) is 5.46. The van der Waals surface area contributed by atoms with Crippen LogP contribution < -0.4 is 5.32 Å². The fraction of sp³-hybridized carbons (Fsp3) is 0.500. The van der Waals surface area contributed by atoms with Gasteiger partial charge in [0.2, 0.25) is 0 Å². The van der Waals surface area contributed by atoms with Crippen LogP contribution in [0.4, 0.5) is 0 Å². The van der Waals surface area contributed by atoms with E-state index in [9.17, 15) is 4.79 Å². The number of carbonyl (C=O) groups is 1. The van der Waals surface area contributed by atoms with Crippen molar-refractivity contribution in [2.75, 3.05) is 18.6 Å². The molecule has 0 aromatic carbocycles. The van der Waals surface area contributed by atoms with Gasteiger partial charge in [0.25, 0.3) is 5.91 Å². The highest BCUT2D eigenvalue weighted by Gasteiger charge is 2.10. The molecule has 0 spiro atoms. The molecule has 1 aromatic rings. The minimum Gasteiger partial charge on any atom is -0.352 e. The van der Waals surface area contributed by atoms with E-state index in [0.29, 0.717) is 17.1 Å². The zero-order valence-electron chi connectivity index (χ0n) is 10.2. The lowest BCUT2D eigenvalue weighted by molar-refractivity contribution is 0.0953. The van der Waals surface area contributed by atoms with E-state index in [0.717, 1.165) is 12.8 Å². The Morgan fingerprint density at radius 2 is 2.17 bits per heavy atom. The Morgan fingerprint density at radius 1 is 1.39 bits per heavy atom. The average Bonchev–Trinajstić information content (AvgIpc) is 2.36. The van der Waals surface area contributed by atoms with Crippen molar-refractivity contribution in [3.05, 3.63) is 28.0 Å². The first-order chi connectivity index (χ1) is 8.65. The number of nitrogens with one attached hydrogen (secondary N) is 1. The number of hydrogen-bond acceptors (Lipinski definition) is 3. The predicted octanol–water partition coefficient (Wildman–Crippen LogP) is 3.65. The van der Waals surface area contributed by atoms with Crippen LogP contribution in [0.3, 0.4) is 0 Å². The molecule has 1 N–H and O–H groups in total. The first kappa shape index (κ1) is 15.6. The van der Waals surface area contributed by atoms with Gasteiger partial charge in [0, 0.05) is 12.7 Å². The van der Waals surface area contributed by atoms with Crippen molar-refractivity contribution in [3.63, 3.8) is 0 Å². The first-order valence-corrected chi connectivity index (χ1v) is 7.88. The third-order valence-corrected chi connectivity index (χ3v) is 3.58. The number of pyridine rings is 1. The second-order valence-corrected chi connectivity index (χ2v) is 5.58. The zero-order valence-corrected chi connectivity index (χ0v) is 12.5. The van der Waals surface area contributed by atoms with Crippen LogP contribution in [0.5, 0.6) is 0 Å². The summed E-state index contributed by atoms with van der Waals surface area (Å²) in [4.78, 5) is 15.6. The Hall–Kier alpha value is -0.450. The van der Waals surface area contributed by atoms with Gasteiger partial charge >= 0.3 is 0 Å². The van der Waals surface area contributed by atoms with Gasteiger partial charge < -0.3 is 5.32 Å². The van der Waals surface area contributed by atoms with Gasteiger partial charge in [-0.25, -0.2) is 4.98 Å². The summed E-state index contributed by atoms with van der Waals surface area (Å²) in [7, 11) is 0. The molecule has 0 unspecified atom stereocenters. The monoisotopic (exact) mass is 306 g/mol. The van der Waals surface area contributed by atoms with Crippen LogP contribution >= 0.6 is 35.0 Å². The van der Waals surface area contributed by atoms with Crippen molar-refractivity contribution >= 4 is 40.9 Å². The largest absolute Gasteiger partial charge is 0.352 e. The molecule has 0 aliphatic heterocycles. The lowest BCUT2D eigenvalue weighted by atomic mass is 10.2. The summed E-state index contributed by atoms with van der Waals surface area (Å²) in [5.41, 5.74) is 0.376. The average molecular weight is 307 g/mol. The molecule has 0 aliphatic carbocycles. The van der Waals surface area contributed by atoms with Crippen molar-refractivity contribution in [1.82, 2.24) is 10.3 Å². The summed E-state index contributed by atoms with van der Waals surface area (Å²) in [6.07, 6.45) is 6.75. The second kappa shape index (κ2) is 8.62. The molecule has 6 heteroatoms. The number of aromatic nitrogens is 1. The number of halogens is 2. The zero-order chi connectivity index (χ0) is 13.4. The molecule has 1 heterocycles. The maximum Gasteiger partial charge on any atom is 0.252 e. The van der Waals surface area contributed by atoms with E-state index in [-0.39, 0.29) is 11.1 Å². The molecule has 1 amide bonds. The molecule has 100 valence electrons. The highest BCUT2D eigenvalue weighted by molar-refractivity contribution is 7.98. The lowest BCUT2D eigenvalue weighted by Gasteiger charge is -2.06. The van der Waals surface area contributed by atoms with E-state index in [2.05, 4.69) is 16.6 Å². The highest BCUT2D eigenvalue weighted by Crippen LogP contribution is 2.17. The van der Waals surface area contributed by atoms with E-state index >= 15 is 0 Å². The normalized spacial score (nSPS) is 10.4. The summed E-state index contributed by atoms with van der Waals surface area (Å²) >= 11 is 13.5. The molecule has 18 heavy (non-hydrogen) atoms. The second-order valence-electron chi connectivity index (χ2n) is 3.80. The molecule has 1 rings (SSSR count). The predicted molar refractivity (Wildman–Crippen MR) is 78.8 cm³/mol. The summed E-state index contributed by atoms with van der Waals surface area (Å²) < 4.78 is 0. The van der Waals surface area contributed by atoms with Crippen LogP contribution in [-0.2, 0) is 0 Å². The lowest BCUT2D eigenvalue weighted by Crippen LogP contribution is -2.24. The van der Waals surface area contributed by atoms with Crippen molar-refractivity contribution in [3.8, 4) is 0 Å². The minimum absolute atomic E-state index is 0.200. The van der Waals surface area contributed by atoms with Gasteiger partial charge in [-0.05, 0) is 30.9 Å². The van der Waals surface area contributed by atoms with Crippen LogP contribution in [0, 0.1) is 0 Å². The van der Waals surface area contributed by atoms with Crippen molar-refractivity contribution in [2.45, 2.75) is 19.3 Å². The Kier molecular flexibility index (Phi) is 7.47. The van der Waals surface area contributed by atoms with Crippen LogP contribution in [0.15, 0.2) is 12.3 Å². The molecule has 0 radical (unpaired) electrons. The minimum atomic E-state index is -0.200. The Balaban J connectivity index is 2.34. The van der Waals surface area contributed by atoms with Crippen molar-refractivity contribution < 1.29 is 4.79 Å². The molecule has 0 atom stereocenters. The quantitative estimate of drug-likeness (QED) is 0.617. The Morgan fingerprint density at radius 3 is 2.89 bits per heavy atom. The maximum atomic E-state index is 11.8. The molecule has 0 fully saturated rings. The van der Waals surface area contributed by atoms with Crippen LogP contribution in [-0.4, -0.2) is 29.4 Å². The van der Waals surface area contributed by atoms with E-state index in [1.54, 1.807) is 0 Å². The topological polar surface area (TPSA) is 42.0 Å². The van der Waals surface area contributed by atoms with Gasteiger partial charge in [-0.1, -0.05) is 29.6 Å². The number of thioether (sulfide) groups is 1. The fourth-order valence-electron chi connectivity index (χ4n) is 1.43. The maximum absolute atomic E-state index is 11.8. The van der Waals surface area contributed by atoms with Crippen molar-refractivity contribution in [1.29, 1.82) is 0 Å². The Labute approximate surface area is 122 Å². The summed E-state index contributed by atoms with van der Waals surface area (Å²) in [5.74, 6) is 0.967. The number of nitrogens with zero attached hydrogens (tertiary/aromatic N) is 1. The van der Waals surface area contributed by atoms with E-state index in [4.69, 9.17) is 23.2 Å². The summed E-state index contributed by atoms with van der Waals surface area (Å²) in [6.45, 7) is 0.656. The van der Waals surface area contributed by atoms with Crippen molar-refractivity contribution in [2.24, 2.45) is 0 Å². The van der Waals surface area contributed by atoms with E-state index in [1.807, 2.05) is 11.8 Å². The Bertz CT molecular complexity index is 402. The van der Waals surface area contributed by atoms with Gasteiger partial charge in [0.1, 0.15) is 5.15 Å². The molecule has 0 bridgehead atoms. The highest BCUT2D eigenvalue weighted by atomic mass is 35.5. The van der Waals surface area contributed by atoms with Gasteiger partial charge in [0.15, 0.2) is 0 Å². The molecule has 1 aromatic heterocycles. The number of unbranched alkanes of at least 4 members (excludes halogenated alkanes) is 2. The molecular weight excluding hydrogens is 291 g/mol. The number of amides is 1.